The van der Waals surface area contributed by atoms with Gasteiger partial charge in [-0.25, -0.2) is 4.68 Å². The molecule has 0 saturated carbocycles. The lowest BCUT2D eigenvalue weighted by Crippen LogP contribution is -2.27. The molecule has 0 spiro atoms. The third kappa shape index (κ3) is 3.88. The second kappa shape index (κ2) is 8.24. The summed E-state index contributed by atoms with van der Waals surface area (Å²) in [4.78, 5) is 17.2. The Morgan fingerprint density at radius 2 is 1.79 bits per heavy atom. The van der Waals surface area contributed by atoms with E-state index in [9.17, 15) is 4.79 Å². The van der Waals surface area contributed by atoms with Crippen LogP contribution in [0.1, 0.15) is 29.0 Å². The van der Waals surface area contributed by atoms with E-state index < -0.39 is 0 Å². The fourth-order valence-corrected chi connectivity index (χ4v) is 3.29. The minimum atomic E-state index is -0.321. The van der Waals surface area contributed by atoms with E-state index in [2.05, 4.69) is 20.6 Å². The zero-order valence-electron chi connectivity index (χ0n) is 15.7. The third-order valence-electron chi connectivity index (χ3n) is 4.55. The first kappa shape index (κ1) is 18.8. The topological polar surface area (TPSA) is 72.7 Å². The van der Waals surface area contributed by atoms with Crippen LogP contribution in [0.25, 0.3) is 16.9 Å². The predicted octanol–water partition coefficient (Wildman–Crippen LogP) is 4.47. The normalized spacial score (nSPS) is 11.8. The zero-order chi connectivity index (χ0) is 20.2. The second-order valence-corrected chi connectivity index (χ2v) is 6.90. The second-order valence-electron chi connectivity index (χ2n) is 6.50. The van der Waals surface area contributed by atoms with Crippen molar-refractivity contribution in [1.29, 1.82) is 0 Å². The SMILES string of the molecule is C[C@@H](NC(=O)c1nnn(-c2ccccc2Cl)c1-c1cccnc1)c1ccccc1. The monoisotopic (exact) mass is 403 g/mol. The molecule has 1 amide bonds. The van der Waals surface area contributed by atoms with E-state index in [-0.39, 0.29) is 17.6 Å². The first-order valence-electron chi connectivity index (χ1n) is 9.12. The van der Waals surface area contributed by atoms with Crippen molar-refractivity contribution in [2.75, 3.05) is 0 Å². The van der Waals surface area contributed by atoms with Crippen LogP contribution in [0.5, 0.6) is 0 Å². The molecule has 0 saturated heterocycles. The highest BCUT2D eigenvalue weighted by Crippen LogP contribution is 2.28. The van der Waals surface area contributed by atoms with E-state index in [0.717, 1.165) is 11.1 Å². The number of nitrogens with one attached hydrogen (secondary N) is 1. The highest BCUT2D eigenvalue weighted by Gasteiger charge is 2.24. The number of aromatic nitrogens is 4. The summed E-state index contributed by atoms with van der Waals surface area (Å²) in [6.07, 6.45) is 3.34. The smallest absolute Gasteiger partial charge is 0.274 e. The quantitative estimate of drug-likeness (QED) is 0.533. The maximum absolute atomic E-state index is 13.1. The molecule has 2 heterocycles. The molecule has 2 aromatic heterocycles. The van der Waals surface area contributed by atoms with Crippen molar-refractivity contribution in [1.82, 2.24) is 25.3 Å². The molecule has 29 heavy (non-hydrogen) atoms. The van der Waals surface area contributed by atoms with Crippen LogP contribution in [-0.4, -0.2) is 25.9 Å². The average molecular weight is 404 g/mol. The number of carbonyl (C=O) groups is 1. The summed E-state index contributed by atoms with van der Waals surface area (Å²) in [5.74, 6) is -0.321. The van der Waals surface area contributed by atoms with Gasteiger partial charge in [-0.15, -0.1) is 5.10 Å². The van der Waals surface area contributed by atoms with Crippen LogP contribution in [0.2, 0.25) is 5.02 Å². The van der Waals surface area contributed by atoms with Gasteiger partial charge < -0.3 is 5.32 Å². The van der Waals surface area contributed by atoms with Crippen molar-refractivity contribution < 1.29 is 4.79 Å². The summed E-state index contributed by atoms with van der Waals surface area (Å²) in [7, 11) is 0. The Labute approximate surface area is 173 Å². The fourth-order valence-electron chi connectivity index (χ4n) is 3.08. The van der Waals surface area contributed by atoms with Crippen LogP contribution in [-0.2, 0) is 0 Å². The lowest BCUT2D eigenvalue weighted by molar-refractivity contribution is 0.0935. The molecule has 1 atom stereocenters. The molecule has 0 aliphatic rings. The number of nitrogens with zero attached hydrogens (tertiary/aromatic N) is 4. The van der Waals surface area contributed by atoms with Gasteiger partial charge in [0, 0.05) is 18.0 Å². The molecule has 144 valence electrons. The molecule has 0 radical (unpaired) electrons. The number of rotatable bonds is 5. The summed E-state index contributed by atoms with van der Waals surface area (Å²) in [5, 5.41) is 11.9. The first-order valence-corrected chi connectivity index (χ1v) is 9.50. The highest BCUT2D eigenvalue weighted by atomic mass is 35.5. The predicted molar refractivity (Wildman–Crippen MR) is 112 cm³/mol. The van der Waals surface area contributed by atoms with Crippen molar-refractivity contribution >= 4 is 17.5 Å². The number of amides is 1. The van der Waals surface area contributed by atoms with Gasteiger partial charge in [0.1, 0.15) is 5.69 Å². The molecule has 4 rings (SSSR count). The molecule has 0 fully saturated rings. The Balaban J connectivity index is 1.76. The summed E-state index contributed by atoms with van der Waals surface area (Å²) in [6.45, 7) is 1.93. The van der Waals surface area contributed by atoms with Crippen molar-refractivity contribution in [3.8, 4) is 16.9 Å². The number of carbonyl (C=O) groups excluding carboxylic acids is 1. The molecule has 0 aliphatic carbocycles. The lowest BCUT2D eigenvalue weighted by atomic mass is 10.1. The van der Waals surface area contributed by atoms with Gasteiger partial charge in [0.05, 0.1) is 16.8 Å². The van der Waals surface area contributed by atoms with Gasteiger partial charge >= 0.3 is 0 Å². The lowest BCUT2D eigenvalue weighted by Gasteiger charge is -2.14. The minimum absolute atomic E-state index is 0.184. The van der Waals surface area contributed by atoms with Crippen LogP contribution in [0.3, 0.4) is 0 Å². The number of benzene rings is 2. The fraction of sp³-hybridized carbons (Fsp3) is 0.0909. The molecule has 4 aromatic rings. The molecule has 0 unspecified atom stereocenters. The van der Waals surface area contributed by atoms with E-state index in [1.165, 1.54) is 0 Å². The van der Waals surface area contributed by atoms with Crippen LogP contribution >= 0.6 is 11.6 Å². The van der Waals surface area contributed by atoms with E-state index >= 15 is 0 Å². The van der Waals surface area contributed by atoms with Crippen LogP contribution in [0.15, 0.2) is 79.1 Å². The van der Waals surface area contributed by atoms with Gasteiger partial charge in [0.25, 0.3) is 5.91 Å². The van der Waals surface area contributed by atoms with Crippen LogP contribution in [0, 0.1) is 0 Å². The summed E-state index contributed by atoms with van der Waals surface area (Å²) < 4.78 is 1.57. The van der Waals surface area contributed by atoms with E-state index in [1.54, 1.807) is 29.2 Å². The average Bonchev–Trinajstić information content (AvgIpc) is 3.20. The molecular formula is C22H18ClN5O. The molecule has 6 nitrogen and oxygen atoms in total. The van der Waals surface area contributed by atoms with Crippen molar-refractivity contribution in [3.05, 3.63) is 95.4 Å². The third-order valence-corrected chi connectivity index (χ3v) is 4.87. The Morgan fingerprint density at radius 3 is 2.52 bits per heavy atom. The number of hydrogen-bond acceptors (Lipinski definition) is 4. The van der Waals surface area contributed by atoms with Crippen molar-refractivity contribution in [2.45, 2.75) is 13.0 Å². The van der Waals surface area contributed by atoms with Gasteiger partial charge in [-0.3, -0.25) is 9.78 Å². The Bertz CT molecular complexity index is 1130. The summed E-state index contributed by atoms with van der Waals surface area (Å²) in [6, 6.07) is 20.5. The van der Waals surface area contributed by atoms with Gasteiger partial charge in [-0.05, 0) is 36.8 Å². The van der Waals surface area contributed by atoms with Crippen LogP contribution < -0.4 is 5.32 Å². The molecule has 1 N–H and O–H groups in total. The summed E-state index contributed by atoms with van der Waals surface area (Å²) >= 11 is 6.37. The Kier molecular flexibility index (Phi) is 5.35. The zero-order valence-corrected chi connectivity index (χ0v) is 16.4. The van der Waals surface area contributed by atoms with Crippen molar-refractivity contribution in [3.63, 3.8) is 0 Å². The maximum Gasteiger partial charge on any atom is 0.274 e. The highest BCUT2D eigenvalue weighted by molar-refractivity contribution is 6.32. The number of hydrogen-bond donors (Lipinski definition) is 1. The number of pyridine rings is 1. The van der Waals surface area contributed by atoms with Gasteiger partial charge in [-0.1, -0.05) is 59.3 Å². The number of para-hydroxylation sites is 1. The first-order chi connectivity index (χ1) is 14.1. The van der Waals surface area contributed by atoms with E-state index in [0.29, 0.717) is 16.4 Å². The van der Waals surface area contributed by atoms with Gasteiger partial charge in [-0.2, -0.15) is 0 Å². The van der Waals surface area contributed by atoms with Crippen LogP contribution in [0.4, 0.5) is 0 Å². The molecule has 2 aromatic carbocycles. The Morgan fingerprint density at radius 1 is 1.03 bits per heavy atom. The molecular weight excluding hydrogens is 386 g/mol. The molecule has 7 heteroatoms. The van der Waals surface area contributed by atoms with Gasteiger partial charge in [0.2, 0.25) is 0 Å². The molecule has 0 bridgehead atoms. The number of halogens is 1. The Hall–Kier alpha value is -3.51. The van der Waals surface area contributed by atoms with Gasteiger partial charge in [0.15, 0.2) is 5.69 Å². The van der Waals surface area contributed by atoms with Crippen molar-refractivity contribution in [2.24, 2.45) is 0 Å². The summed E-state index contributed by atoms with van der Waals surface area (Å²) in [5.41, 5.74) is 3.09. The largest absolute Gasteiger partial charge is 0.344 e. The van der Waals surface area contributed by atoms with E-state index in [1.807, 2.05) is 61.5 Å². The maximum atomic E-state index is 13.1. The standard InChI is InChI=1S/C22H18ClN5O/c1-15(16-8-3-2-4-9-16)25-22(29)20-21(17-10-7-13-24-14-17)28(27-26-20)19-12-6-5-11-18(19)23/h2-15H,1H3,(H,25,29)/t15-/m1/s1. The minimum Gasteiger partial charge on any atom is -0.344 e. The molecule has 0 aliphatic heterocycles. The van der Waals surface area contributed by atoms with E-state index in [4.69, 9.17) is 11.6 Å².